The van der Waals surface area contributed by atoms with Crippen molar-refractivity contribution in [3.05, 3.63) is 47.5 Å². The first-order valence-electron chi connectivity index (χ1n) is 7.82. The van der Waals surface area contributed by atoms with Crippen LogP contribution in [0.4, 0.5) is 5.69 Å². The highest BCUT2D eigenvalue weighted by Crippen LogP contribution is 2.23. The normalized spacial score (nSPS) is 10.8. The van der Waals surface area contributed by atoms with Gasteiger partial charge in [-0.15, -0.1) is 0 Å². The fourth-order valence-corrected chi connectivity index (χ4v) is 2.73. The molecular formula is C18H20N4O2. The summed E-state index contributed by atoms with van der Waals surface area (Å²) in [6.45, 7) is 6.60. The molecule has 1 aromatic carbocycles. The maximum absolute atomic E-state index is 12.6. The smallest absolute Gasteiger partial charge is 0.274 e. The molecule has 0 aliphatic heterocycles. The van der Waals surface area contributed by atoms with Crippen LogP contribution in [0.3, 0.4) is 0 Å². The number of hydrogen-bond acceptors (Lipinski definition) is 4. The van der Waals surface area contributed by atoms with Crippen molar-refractivity contribution >= 4 is 22.4 Å². The molecule has 124 valence electrons. The van der Waals surface area contributed by atoms with Crippen molar-refractivity contribution in [2.75, 3.05) is 12.4 Å². The lowest BCUT2D eigenvalue weighted by molar-refractivity contribution is 0.102. The lowest BCUT2D eigenvalue weighted by Gasteiger charge is -2.07. The van der Waals surface area contributed by atoms with E-state index in [4.69, 9.17) is 4.74 Å². The molecule has 0 bridgehead atoms. The lowest BCUT2D eigenvalue weighted by Crippen LogP contribution is -2.14. The zero-order chi connectivity index (χ0) is 17.3. The maximum Gasteiger partial charge on any atom is 0.274 e. The van der Waals surface area contributed by atoms with Crippen LogP contribution in [0, 0.1) is 13.8 Å². The van der Waals surface area contributed by atoms with Crippen molar-refractivity contribution < 1.29 is 9.53 Å². The molecule has 0 spiro atoms. The number of carbonyl (C=O) groups excluding carboxylic acids is 1. The van der Waals surface area contributed by atoms with Gasteiger partial charge in [-0.1, -0.05) is 0 Å². The number of pyridine rings is 1. The predicted molar refractivity (Wildman–Crippen MR) is 93.6 cm³/mol. The lowest BCUT2D eigenvalue weighted by atomic mass is 10.1. The summed E-state index contributed by atoms with van der Waals surface area (Å²) in [5, 5.41) is 9.21. The third-order valence-electron chi connectivity index (χ3n) is 4.08. The van der Waals surface area contributed by atoms with Gasteiger partial charge in [-0.2, -0.15) is 5.10 Å². The SMILES string of the molecule is CCn1nc(C)c(NC(=O)c2cc3cc(OC)ccc3cn2)c1C. The molecule has 3 aromatic rings. The van der Waals surface area contributed by atoms with E-state index in [1.165, 1.54) is 0 Å². The summed E-state index contributed by atoms with van der Waals surface area (Å²) in [6, 6.07) is 7.44. The number of amides is 1. The summed E-state index contributed by atoms with van der Waals surface area (Å²) in [6.07, 6.45) is 1.69. The number of benzene rings is 1. The molecule has 6 heteroatoms. The second-order valence-corrected chi connectivity index (χ2v) is 5.60. The first kappa shape index (κ1) is 16.0. The molecule has 0 aliphatic carbocycles. The Morgan fingerprint density at radius 1 is 1.25 bits per heavy atom. The van der Waals surface area contributed by atoms with E-state index < -0.39 is 0 Å². The number of anilines is 1. The van der Waals surface area contributed by atoms with Crippen LogP contribution < -0.4 is 10.1 Å². The van der Waals surface area contributed by atoms with Gasteiger partial charge in [0.05, 0.1) is 24.2 Å². The molecule has 0 atom stereocenters. The van der Waals surface area contributed by atoms with Gasteiger partial charge in [0.2, 0.25) is 0 Å². The summed E-state index contributed by atoms with van der Waals surface area (Å²) in [5.74, 6) is 0.498. The molecule has 0 aliphatic rings. The number of rotatable bonds is 4. The fraction of sp³-hybridized carbons (Fsp3) is 0.278. The van der Waals surface area contributed by atoms with E-state index in [2.05, 4.69) is 15.4 Å². The second-order valence-electron chi connectivity index (χ2n) is 5.60. The molecule has 0 saturated carbocycles. The minimum absolute atomic E-state index is 0.249. The summed E-state index contributed by atoms with van der Waals surface area (Å²) < 4.78 is 7.10. The van der Waals surface area contributed by atoms with Gasteiger partial charge in [-0.3, -0.25) is 14.5 Å². The highest BCUT2D eigenvalue weighted by molar-refractivity contribution is 6.05. The minimum Gasteiger partial charge on any atom is -0.497 e. The molecule has 0 unspecified atom stereocenters. The van der Waals surface area contributed by atoms with Crippen molar-refractivity contribution in [3.8, 4) is 5.75 Å². The number of fused-ring (bicyclic) bond motifs is 1. The van der Waals surface area contributed by atoms with E-state index in [1.807, 2.05) is 43.7 Å². The summed E-state index contributed by atoms with van der Waals surface area (Å²) in [5.41, 5.74) is 2.84. The molecule has 0 radical (unpaired) electrons. The molecule has 2 aromatic heterocycles. The van der Waals surface area contributed by atoms with Gasteiger partial charge in [0, 0.05) is 18.1 Å². The van der Waals surface area contributed by atoms with Crippen molar-refractivity contribution in [1.29, 1.82) is 0 Å². The summed E-state index contributed by atoms with van der Waals surface area (Å²) in [7, 11) is 1.62. The summed E-state index contributed by atoms with van der Waals surface area (Å²) >= 11 is 0. The Bertz CT molecular complexity index is 915. The zero-order valence-corrected chi connectivity index (χ0v) is 14.3. The Hall–Kier alpha value is -2.89. The van der Waals surface area contributed by atoms with Crippen LogP contribution in [0.5, 0.6) is 5.75 Å². The van der Waals surface area contributed by atoms with E-state index >= 15 is 0 Å². The van der Waals surface area contributed by atoms with Crippen LogP contribution in [0.25, 0.3) is 10.8 Å². The minimum atomic E-state index is -0.249. The zero-order valence-electron chi connectivity index (χ0n) is 14.3. The van der Waals surface area contributed by atoms with Crippen LogP contribution in [-0.2, 0) is 6.54 Å². The van der Waals surface area contributed by atoms with Crippen molar-refractivity contribution in [2.45, 2.75) is 27.3 Å². The molecule has 0 fully saturated rings. The first-order chi connectivity index (χ1) is 11.5. The molecular weight excluding hydrogens is 304 g/mol. The maximum atomic E-state index is 12.6. The number of nitrogens with zero attached hydrogens (tertiary/aromatic N) is 3. The molecule has 1 N–H and O–H groups in total. The Morgan fingerprint density at radius 2 is 2.04 bits per heavy atom. The van der Waals surface area contributed by atoms with Crippen LogP contribution in [-0.4, -0.2) is 27.8 Å². The van der Waals surface area contributed by atoms with Crippen LogP contribution in [0.15, 0.2) is 30.5 Å². The first-order valence-corrected chi connectivity index (χ1v) is 7.82. The highest BCUT2D eigenvalue weighted by atomic mass is 16.5. The van der Waals surface area contributed by atoms with E-state index in [0.717, 1.165) is 40.1 Å². The summed E-state index contributed by atoms with van der Waals surface area (Å²) in [4.78, 5) is 16.8. The quantitative estimate of drug-likeness (QED) is 0.799. The van der Waals surface area contributed by atoms with Crippen molar-refractivity contribution in [3.63, 3.8) is 0 Å². The predicted octanol–water partition coefficient (Wildman–Crippen LogP) is 3.33. The number of carbonyl (C=O) groups is 1. The number of nitrogens with one attached hydrogen (secondary N) is 1. The van der Waals surface area contributed by atoms with Crippen molar-refractivity contribution in [1.82, 2.24) is 14.8 Å². The van der Waals surface area contributed by atoms with Gasteiger partial charge in [0.1, 0.15) is 11.4 Å². The number of methoxy groups -OCH3 is 1. The highest BCUT2D eigenvalue weighted by Gasteiger charge is 2.15. The average Bonchev–Trinajstić information content (AvgIpc) is 2.88. The van der Waals surface area contributed by atoms with Gasteiger partial charge in [-0.25, -0.2) is 0 Å². The Kier molecular flexibility index (Phi) is 4.20. The van der Waals surface area contributed by atoms with Crippen LogP contribution in [0.2, 0.25) is 0 Å². The third-order valence-corrected chi connectivity index (χ3v) is 4.08. The van der Waals surface area contributed by atoms with Crippen LogP contribution in [0.1, 0.15) is 28.8 Å². The molecule has 0 saturated heterocycles. The monoisotopic (exact) mass is 324 g/mol. The Balaban J connectivity index is 1.92. The molecule has 1 amide bonds. The van der Waals surface area contributed by atoms with Gasteiger partial charge in [-0.05, 0) is 50.4 Å². The molecule has 6 nitrogen and oxygen atoms in total. The van der Waals surface area contributed by atoms with E-state index in [9.17, 15) is 4.79 Å². The number of ether oxygens (including phenoxy) is 1. The fourth-order valence-electron chi connectivity index (χ4n) is 2.73. The van der Waals surface area contributed by atoms with E-state index in [1.54, 1.807) is 19.4 Å². The second kappa shape index (κ2) is 6.31. The third kappa shape index (κ3) is 2.82. The number of aromatic nitrogens is 3. The number of hydrogen-bond donors (Lipinski definition) is 1. The van der Waals surface area contributed by atoms with Gasteiger partial charge in [0.15, 0.2) is 0 Å². The largest absolute Gasteiger partial charge is 0.497 e. The van der Waals surface area contributed by atoms with Gasteiger partial charge < -0.3 is 10.1 Å². The Morgan fingerprint density at radius 3 is 2.71 bits per heavy atom. The van der Waals surface area contributed by atoms with Gasteiger partial charge >= 0.3 is 0 Å². The number of aryl methyl sites for hydroxylation is 2. The van der Waals surface area contributed by atoms with Gasteiger partial charge in [0.25, 0.3) is 5.91 Å². The topological polar surface area (TPSA) is 69.0 Å². The van der Waals surface area contributed by atoms with Crippen LogP contribution >= 0.6 is 0 Å². The van der Waals surface area contributed by atoms with E-state index in [0.29, 0.717) is 5.69 Å². The Labute approximate surface area is 140 Å². The molecule has 2 heterocycles. The molecule has 24 heavy (non-hydrogen) atoms. The molecule has 3 rings (SSSR count). The average molecular weight is 324 g/mol. The standard InChI is InChI=1S/C18H20N4O2/c1-5-22-12(3)17(11(2)21-22)20-18(23)16-9-14-8-15(24-4)7-6-13(14)10-19-16/h6-10H,5H2,1-4H3,(H,20,23). The van der Waals surface area contributed by atoms with Crippen molar-refractivity contribution in [2.24, 2.45) is 0 Å². The van der Waals surface area contributed by atoms with E-state index in [-0.39, 0.29) is 5.91 Å².